The van der Waals surface area contributed by atoms with Gasteiger partial charge in [-0.2, -0.15) is 0 Å². The molecule has 0 unspecified atom stereocenters. The van der Waals surface area contributed by atoms with Crippen LogP contribution in [-0.2, 0) is 11.3 Å². The van der Waals surface area contributed by atoms with Crippen LogP contribution in [0.2, 0.25) is 5.02 Å². The Morgan fingerprint density at radius 1 is 1.13 bits per heavy atom. The summed E-state index contributed by atoms with van der Waals surface area (Å²) in [4.78, 5) is 26.6. The zero-order valence-corrected chi connectivity index (χ0v) is 19.1. The largest absolute Gasteiger partial charge is 0.490 e. The molecule has 1 saturated heterocycles. The van der Waals surface area contributed by atoms with E-state index >= 15 is 0 Å². The van der Waals surface area contributed by atoms with Gasteiger partial charge in [-0.15, -0.1) is 0 Å². The monoisotopic (exact) mass is 463 g/mol. The van der Waals surface area contributed by atoms with Crippen LogP contribution in [0.3, 0.4) is 0 Å². The third kappa shape index (κ3) is 5.80. The zero-order chi connectivity index (χ0) is 22.5. The minimum Gasteiger partial charge on any atom is -0.490 e. The van der Waals surface area contributed by atoms with Crippen LogP contribution in [0.1, 0.15) is 31.9 Å². The van der Waals surface area contributed by atoms with Crippen LogP contribution in [0.25, 0.3) is 6.08 Å². The fourth-order valence-corrected chi connectivity index (χ4v) is 3.93. The maximum Gasteiger partial charge on any atom is 0.293 e. The Morgan fingerprint density at radius 3 is 2.58 bits per heavy atom. The molecule has 0 aliphatic carbocycles. The molecule has 0 saturated carbocycles. The molecule has 0 aromatic heterocycles. The normalized spacial score (nSPS) is 15.3. The Morgan fingerprint density at radius 2 is 1.90 bits per heavy atom. The molecule has 0 radical (unpaired) electrons. The molecule has 1 heterocycles. The molecule has 31 heavy (non-hydrogen) atoms. The summed E-state index contributed by atoms with van der Waals surface area (Å²) in [6, 6.07) is 9.25. The molecule has 1 aliphatic heterocycles. The molecule has 0 bridgehead atoms. The van der Waals surface area contributed by atoms with Crippen LogP contribution < -0.4 is 9.47 Å². The van der Waals surface area contributed by atoms with Crippen molar-refractivity contribution in [1.29, 1.82) is 0 Å². The highest BCUT2D eigenvalue weighted by Crippen LogP contribution is 2.36. The van der Waals surface area contributed by atoms with Crippen molar-refractivity contribution in [3.63, 3.8) is 0 Å². The Kier molecular flexibility index (Phi) is 7.62. The molecule has 0 N–H and O–H groups in total. The van der Waals surface area contributed by atoms with E-state index in [0.29, 0.717) is 46.7 Å². The number of ether oxygens (including phenoxy) is 2. The molecule has 0 spiro atoms. The first-order valence-corrected chi connectivity index (χ1v) is 11.1. The van der Waals surface area contributed by atoms with Crippen LogP contribution in [0.15, 0.2) is 41.3 Å². The number of benzene rings is 2. The number of amides is 2. The van der Waals surface area contributed by atoms with Crippen molar-refractivity contribution in [3.05, 3.63) is 63.3 Å². The minimum absolute atomic E-state index is 0.0205. The van der Waals surface area contributed by atoms with E-state index in [1.54, 1.807) is 18.2 Å². The first-order valence-electron chi connectivity index (χ1n) is 9.87. The lowest BCUT2D eigenvalue weighted by Gasteiger charge is -2.14. The maximum absolute atomic E-state index is 13.3. The van der Waals surface area contributed by atoms with Crippen LogP contribution in [0, 0.1) is 11.7 Å². The summed E-state index contributed by atoms with van der Waals surface area (Å²) < 4.78 is 24.7. The van der Waals surface area contributed by atoms with E-state index in [4.69, 9.17) is 21.1 Å². The standard InChI is InChI=1S/C23H23ClFNO4S/c1-4-29-20-9-15(5-8-19(20)30-13-14(2)3)10-21-22(27)26(23(28)31-21)12-16-6-7-17(25)11-18(16)24/h5-11,14H,4,12-13H2,1-3H3/b21-10-. The van der Waals surface area contributed by atoms with Gasteiger partial charge in [0.05, 0.1) is 24.7 Å². The molecule has 0 atom stereocenters. The average Bonchev–Trinajstić information content (AvgIpc) is 2.96. The first-order chi connectivity index (χ1) is 14.8. The third-order valence-electron chi connectivity index (χ3n) is 4.35. The topological polar surface area (TPSA) is 55.8 Å². The molecule has 2 aromatic carbocycles. The van der Waals surface area contributed by atoms with Gasteiger partial charge in [0.25, 0.3) is 11.1 Å². The highest BCUT2D eigenvalue weighted by Gasteiger charge is 2.35. The number of halogens is 2. The maximum atomic E-state index is 13.3. The van der Waals surface area contributed by atoms with E-state index in [9.17, 15) is 14.0 Å². The van der Waals surface area contributed by atoms with Gasteiger partial charge in [0.15, 0.2) is 11.5 Å². The van der Waals surface area contributed by atoms with Crippen molar-refractivity contribution in [2.75, 3.05) is 13.2 Å². The highest BCUT2D eigenvalue weighted by atomic mass is 35.5. The van der Waals surface area contributed by atoms with E-state index < -0.39 is 17.0 Å². The Hall–Kier alpha value is -2.51. The van der Waals surface area contributed by atoms with Crippen molar-refractivity contribution in [3.8, 4) is 11.5 Å². The number of nitrogens with zero attached hydrogens (tertiary/aromatic N) is 1. The van der Waals surface area contributed by atoms with Gasteiger partial charge in [-0.3, -0.25) is 14.5 Å². The number of thioether (sulfide) groups is 1. The van der Waals surface area contributed by atoms with E-state index in [2.05, 4.69) is 13.8 Å². The van der Waals surface area contributed by atoms with E-state index in [1.165, 1.54) is 12.1 Å². The summed E-state index contributed by atoms with van der Waals surface area (Å²) in [6.07, 6.45) is 1.64. The van der Waals surface area contributed by atoms with Crippen molar-refractivity contribution in [2.45, 2.75) is 27.3 Å². The summed E-state index contributed by atoms with van der Waals surface area (Å²) in [7, 11) is 0. The zero-order valence-electron chi connectivity index (χ0n) is 17.5. The van der Waals surface area contributed by atoms with Gasteiger partial charge in [-0.1, -0.05) is 37.6 Å². The van der Waals surface area contributed by atoms with Gasteiger partial charge in [0.2, 0.25) is 0 Å². The summed E-state index contributed by atoms with van der Waals surface area (Å²) in [5.74, 6) is 0.679. The Balaban J connectivity index is 1.80. The van der Waals surface area contributed by atoms with Crippen molar-refractivity contribution in [2.24, 2.45) is 5.92 Å². The molecule has 2 aromatic rings. The molecule has 164 valence electrons. The summed E-state index contributed by atoms with van der Waals surface area (Å²) in [6.45, 7) is 7.01. The van der Waals surface area contributed by atoms with E-state index in [-0.39, 0.29) is 11.6 Å². The van der Waals surface area contributed by atoms with Gasteiger partial charge in [-0.25, -0.2) is 4.39 Å². The number of imide groups is 1. The average molecular weight is 464 g/mol. The predicted octanol–water partition coefficient (Wildman–Crippen LogP) is 6.15. The number of carbonyl (C=O) groups is 2. The number of carbonyl (C=O) groups excluding carboxylic acids is 2. The molecule has 8 heteroatoms. The minimum atomic E-state index is -0.478. The molecule has 1 fully saturated rings. The molecular weight excluding hydrogens is 441 g/mol. The molecule has 3 rings (SSSR count). The quantitative estimate of drug-likeness (QED) is 0.439. The van der Waals surface area contributed by atoms with Gasteiger partial charge in [0.1, 0.15) is 5.82 Å². The molecular formula is C23H23ClFNO4S. The summed E-state index contributed by atoms with van der Waals surface area (Å²) >= 11 is 6.89. The number of hydrogen-bond donors (Lipinski definition) is 0. The van der Waals surface area contributed by atoms with E-state index in [0.717, 1.165) is 22.7 Å². The third-order valence-corrected chi connectivity index (χ3v) is 5.61. The van der Waals surface area contributed by atoms with Crippen LogP contribution in [0.5, 0.6) is 11.5 Å². The molecule has 1 aliphatic rings. The summed E-state index contributed by atoms with van der Waals surface area (Å²) in [5, 5.41) is -0.236. The first kappa shape index (κ1) is 23.2. The van der Waals surface area contributed by atoms with Crippen LogP contribution in [0.4, 0.5) is 9.18 Å². The van der Waals surface area contributed by atoms with E-state index in [1.807, 2.05) is 13.0 Å². The molecule has 5 nitrogen and oxygen atoms in total. The van der Waals surface area contributed by atoms with Crippen molar-refractivity contribution < 1.29 is 23.5 Å². The van der Waals surface area contributed by atoms with Gasteiger partial charge < -0.3 is 9.47 Å². The van der Waals surface area contributed by atoms with Gasteiger partial charge in [-0.05, 0) is 66.1 Å². The second-order valence-corrected chi connectivity index (χ2v) is 8.75. The van der Waals surface area contributed by atoms with Gasteiger partial charge in [0, 0.05) is 5.02 Å². The Labute approximate surface area is 190 Å². The lowest BCUT2D eigenvalue weighted by atomic mass is 10.1. The van der Waals surface area contributed by atoms with Crippen LogP contribution in [-0.4, -0.2) is 29.3 Å². The Bertz CT molecular complexity index is 1020. The predicted molar refractivity (Wildman–Crippen MR) is 121 cm³/mol. The van der Waals surface area contributed by atoms with Crippen molar-refractivity contribution in [1.82, 2.24) is 4.90 Å². The number of hydrogen-bond acceptors (Lipinski definition) is 5. The molecule has 2 amide bonds. The fourth-order valence-electron chi connectivity index (χ4n) is 2.87. The van der Waals surface area contributed by atoms with Gasteiger partial charge >= 0.3 is 0 Å². The lowest BCUT2D eigenvalue weighted by Crippen LogP contribution is -2.27. The summed E-state index contributed by atoms with van der Waals surface area (Å²) in [5.41, 5.74) is 1.21. The SMILES string of the molecule is CCOc1cc(/C=C2\SC(=O)N(Cc3ccc(F)cc3Cl)C2=O)ccc1OCC(C)C. The van der Waals surface area contributed by atoms with Crippen LogP contribution >= 0.6 is 23.4 Å². The second-order valence-electron chi connectivity index (χ2n) is 7.35. The highest BCUT2D eigenvalue weighted by molar-refractivity contribution is 8.18. The lowest BCUT2D eigenvalue weighted by molar-refractivity contribution is -0.123. The fraction of sp³-hybridized carbons (Fsp3) is 0.304. The van der Waals surface area contributed by atoms with Crippen molar-refractivity contribution >= 4 is 40.6 Å². The smallest absolute Gasteiger partial charge is 0.293 e. The number of rotatable bonds is 8. The second kappa shape index (κ2) is 10.2.